The molecule has 1 fully saturated rings. The van der Waals surface area contributed by atoms with E-state index in [1.165, 1.54) is 0 Å². The van der Waals surface area contributed by atoms with Crippen LogP contribution in [-0.4, -0.2) is 73.6 Å². The molecule has 1 heterocycles. The Morgan fingerprint density at radius 2 is 1.86 bits per heavy atom. The molecule has 21 heavy (non-hydrogen) atoms. The maximum atomic E-state index is 11.9. The van der Waals surface area contributed by atoms with Crippen LogP contribution in [0, 0.1) is 0 Å². The van der Waals surface area contributed by atoms with Gasteiger partial charge in [0.1, 0.15) is 0 Å². The molecule has 1 rings (SSSR count). The Kier molecular flexibility index (Phi) is 5.36. The highest BCUT2D eigenvalue weighted by molar-refractivity contribution is 7.87. The fourth-order valence-corrected chi connectivity index (χ4v) is 3.05. The number of nitrogens with zero attached hydrogens (tertiary/aromatic N) is 3. The van der Waals surface area contributed by atoms with Gasteiger partial charge in [0.2, 0.25) is 0 Å². The fraction of sp³-hybridized carbons (Fsp3) is 0.800. The van der Waals surface area contributed by atoms with Crippen molar-refractivity contribution >= 4 is 22.1 Å². The Labute approximate surface area is 123 Å². The van der Waals surface area contributed by atoms with E-state index >= 15 is 0 Å². The number of ether oxygens (including phenoxy) is 1. The molecule has 1 aliphatic rings. The molecule has 0 aromatic rings. The number of nitrogens with one attached hydrogen (secondary N) is 1. The average Bonchev–Trinajstić information content (AvgIpc) is 2.45. The van der Waals surface area contributed by atoms with Crippen molar-refractivity contribution < 1.29 is 23.2 Å². The van der Waals surface area contributed by atoms with Gasteiger partial charge in [-0.25, -0.2) is 9.52 Å². The molecule has 0 aliphatic carbocycles. The molecule has 11 heteroatoms. The van der Waals surface area contributed by atoms with Gasteiger partial charge in [-0.15, -0.1) is 0 Å². The van der Waals surface area contributed by atoms with Crippen LogP contribution in [0.2, 0.25) is 0 Å². The van der Waals surface area contributed by atoms with E-state index in [4.69, 9.17) is 10.9 Å². The Hall–Kier alpha value is -1.59. The summed E-state index contributed by atoms with van der Waals surface area (Å²) in [4.78, 5) is 12.9. The predicted molar refractivity (Wildman–Crippen MR) is 75.1 cm³/mol. The second-order valence-corrected chi connectivity index (χ2v) is 6.70. The van der Waals surface area contributed by atoms with E-state index in [1.54, 1.807) is 18.6 Å². The molecule has 0 aromatic carbocycles. The highest BCUT2D eigenvalue weighted by atomic mass is 32.2. The van der Waals surface area contributed by atoms with Gasteiger partial charge in [0.05, 0.1) is 12.6 Å². The SMILES string of the molecule is COC(=O)NS(=O)(=O)N1CCN(C(C)(C)C(N)=NO)CC1. The molecule has 0 radical (unpaired) electrons. The minimum absolute atomic E-state index is 0.0477. The minimum atomic E-state index is -3.92. The molecule has 1 saturated heterocycles. The molecule has 0 spiro atoms. The third-order valence-electron chi connectivity index (χ3n) is 3.50. The van der Waals surface area contributed by atoms with Crippen molar-refractivity contribution in [3.8, 4) is 0 Å². The number of methoxy groups -OCH3 is 1. The number of amides is 1. The second kappa shape index (κ2) is 6.45. The lowest BCUT2D eigenvalue weighted by atomic mass is 10.0. The van der Waals surface area contributed by atoms with Crippen LogP contribution in [0.15, 0.2) is 5.16 Å². The summed E-state index contributed by atoms with van der Waals surface area (Å²) in [5.74, 6) is 0.0477. The number of rotatable bonds is 4. The van der Waals surface area contributed by atoms with Gasteiger partial charge in [0, 0.05) is 26.2 Å². The Balaban J connectivity index is 2.70. The average molecular weight is 323 g/mol. The first kappa shape index (κ1) is 17.5. The first-order valence-electron chi connectivity index (χ1n) is 6.24. The maximum absolute atomic E-state index is 11.9. The topological polar surface area (TPSA) is 138 Å². The summed E-state index contributed by atoms with van der Waals surface area (Å²) in [7, 11) is -2.83. The summed E-state index contributed by atoms with van der Waals surface area (Å²) < 4.78 is 31.0. The summed E-state index contributed by atoms with van der Waals surface area (Å²) in [6.45, 7) is 4.66. The van der Waals surface area contributed by atoms with E-state index in [1.807, 2.05) is 4.90 Å². The molecule has 0 bridgehead atoms. The lowest BCUT2D eigenvalue weighted by Crippen LogP contribution is -2.61. The molecule has 0 saturated carbocycles. The number of amidine groups is 1. The third kappa shape index (κ3) is 3.95. The first-order valence-corrected chi connectivity index (χ1v) is 7.68. The molecule has 10 nitrogen and oxygen atoms in total. The van der Waals surface area contributed by atoms with E-state index in [0.717, 1.165) is 11.4 Å². The fourth-order valence-electron chi connectivity index (χ4n) is 1.98. The number of hydrogen-bond donors (Lipinski definition) is 3. The standard InChI is InChI=1S/C10H21N5O5S/c1-10(2,8(11)12-17)14-4-6-15(7-5-14)21(18,19)13-9(16)20-3/h17H,4-7H2,1-3H3,(H2,11,12)(H,13,16). The Morgan fingerprint density at radius 1 is 1.33 bits per heavy atom. The molecule has 122 valence electrons. The van der Waals surface area contributed by atoms with Crippen molar-refractivity contribution in [1.29, 1.82) is 0 Å². The number of oxime groups is 1. The molecule has 0 unspecified atom stereocenters. The van der Waals surface area contributed by atoms with Crippen LogP contribution in [0.25, 0.3) is 0 Å². The van der Waals surface area contributed by atoms with Crippen LogP contribution in [0.5, 0.6) is 0 Å². The highest BCUT2D eigenvalue weighted by Gasteiger charge is 2.36. The van der Waals surface area contributed by atoms with Crippen LogP contribution in [0.1, 0.15) is 13.8 Å². The van der Waals surface area contributed by atoms with E-state index in [9.17, 15) is 13.2 Å². The van der Waals surface area contributed by atoms with Crippen LogP contribution in [0.4, 0.5) is 4.79 Å². The van der Waals surface area contributed by atoms with Crippen molar-refractivity contribution in [3.05, 3.63) is 0 Å². The van der Waals surface area contributed by atoms with Gasteiger partial charge >= 0.3 is 16.3 Å². The monoisotopic (exact) mass is 323 g/mol. The second-order valence-electron chi connectivity index (χ2n) is 5.03. The summed E-state index contributed by atoms with van der Waals surface area (Å²) >= 11 is 0. The van der Waals surface area contributed by atoms with Crippen molar-refractivity contribution in [2.45, 2.75) is 19.4 Å². The first-order chi connectivity index (χ1) is 9.65. The molecule has 4 N–H and O–H groups in total. The number of nitrogens with two attached hydrogens (primary N) is 1. The number of piperazine rings is 1. The van der Waals surface area contributed by atoms with Crippen molar-refractivity contribution in [3.63, 3.8) is 0 Å². The van der Waals surface area contributed by atoms with Crippen LogP contribution in [-0.2, 0) is 14.9 Å². The quantitative estimate of drug-likeness (QED) is 0.254. The van der Waals surface area contributed by atoms with Gasteiger partial charge in [-0.3, -0.25) is 4.90 Å². The number of carbonyl (C=O) groups is 1. The van der Waals surface area contributed by atoms with E-state index in [-0.39, 0.29) is 18.9 Å². The Morgan fingerprint density at radius 3 is 2.29 bits per heavy atom. The van der Waals surface area contributed by atoms with Crippen molar-refractivity contribution in [1.82, 2.24) is 13.9 Å². The molecular formula is C10H21N5O5S. The van der Waals surface area contributed by atoms with Gasteiger partial charge in [0.15, 0.2) is 5.84 Å². The van der Waals surface area contributed by atoms with E-state index in [0.29, 0.717) is 13.1 Å². The summed E-state index contributed by atoms with van der Waals surface area (Å²) in [5, 5.41) is 11.8. The van der Waals surface area contributed by atoms with E-state index in [2.05, 4.69) is 9.89 Å². The van der Waals surface area contributed by atoms with Gasteiger partial charge in [-0.1, -0.05) is 5.16 Å². The molecule has 1 aliphatic heterocycles. The van der Waals surface area contributed by atoms with Crippen LogP contribution >= 0.6 is 0 Å². The lowest BCUT2D eigenvalue weighted by molar-refractivity contribution is 0.118. The van der Waals surface area contributed by atoms with Gasteiger partial charge < -0.3 is 15.7 Å². The van der Waals surface area contributed by atoms with Gasteiger partial charge in [-0.2, -0.15) is 12.7 Å². The molecule has 0 aromatic heterocycles. The molecule has 0 atom stereocenters. The molecular weight excluding hydrogens is 302 g/mol. The lowest BCUT2D eigenvalue weighted by Gasteiger charge is -2.42. The largest absolute Gasteiger partial charge is 0.452 e. The number of carbonyl (C=O) groups excluding carboxylic acids is 1. The van der Waals surface area contributed by atoms with Crippen molar-refractivity contribution in [2.24, 2.45) is 10.9 Å². The highest BCUT2D eigenvalue weighted by Crippen LogP contribution is 2.18. The molecule has 1 amide bonds. The maximum Gasteiger partial charge on any atom is 0.421 e. The zero-order valence-electron chi connectivity index (χ0n) is 12.2. The van der Waals surface area contributed by atoms with Crippen LogP contribution < -0.4 is 10.5 Å². The third-order valence-corrected chi connectivity index (χ3v) is 4.97. The Bertz CT molecular complexity index is 510. The van der Waals surface area contributed by atoms with Crippen molar-refractivity contribution in [2.75, 3.05) is 33.3 Å². The summed E-state index contributed by atoms with van der Waals surface area (Å²) in [6, 6.07) is 0. The normalized spacial score (nSPS) is 19.3. The van der Waals surface area contributed by atoms with Gasteiger partial charge in [-0.05, 0) is 13.8 Å². The van der Waals surface area contributed by atoms with E-state index < -0.39 is 21.8 Å². The number of hydrogen-bond acceptors (Lipinski definition) is 7. The van der Waals surface area contributed by atoms with Crippen LogP contribution in [0.3, 0.4) is 0 Å². The van der Waals surface area contributed by atoms with Gasteiger partial charge in [0.25, 0.3) is 0 Å². The minimum Gasteiger partial charge on any atom is -0.452 e. The smallest absolute Gasteiger partial charge is 0.421 e. The summed E-state index contributed by atoms with van der Waals surface area (Å²) in [5.41, 5.74) is 4.94. The predicted octanol–water partition coefficient (Wildman–Crippen LogP) is -1.27. The zero-order valence-corrected chi connectivity index (χ0v) is 13.1. The summed E-state index contributed by atoms with van der Waals surface area (Å²) in [6.07, 6.45) is -1.03. The zero-order chi connectivity index (χ0) is 16.3.